The van der Waals surface area contributed by atoms with Crippen LogP contribution in [-0.4, -0.2) is 71.0 Å². The van der Waals surface area contributed by atoms with Gasteiger partial charge in [-0.05, 0) is 36.1 Å². The quantitative estimate of drug-likeness (QED) is 0.263. The molecule has 4 bridgehead atoms. The Labute approximate surface area is 246 Å². The van der Waals surface area contributed by atoms with Crippen LogP contribution in [0.15, 0.2) is 54.1 Å². The minimum absolute atomic E-state index is 0.0444. The highest BCUT2D eigenvalue weighted by Crippen LogP contribution is 2.33. The smallest absolute Gasteiger partial charge is 0.352 e. The van der Waals surface area contributed by atoms with Crippen molar-refractivity contribution in [3.63, 3.8) is 0 Å². The van der Waals surface area contributed by atoms with Crippen molar-refractivity contribution >= 4 is 22.8 Å². The summed E-state index contributed by atoms with van der Waals surface area (Å²) in [5, 5.41) is 18.0. The summed E-state index contributed by atoms with van der Waals surface area (Å²) in [4.78, 5) is 43.8. The van der Waals surface area contributed by atoms with Crippen LogP contribution in [0.3, 0.4) is 0 Å². The van der Waals surface area contributed by atoms with Crippen LogP contribution in [0.5, 0.6) is 0 Å². The molecule has 1 saturated heterocycles. The fourth-order valence-electron chi connectivity index (χ4n) is 5.71. The lowest BCUT2D eigenvalue weighted by atomic mass is 10.0. The average Bonchev–Trinajstić information content (AvgIpc) is 3.47. The topological polar surface area (TPSA) is 139 Å². The monoisotopic (exact) mass is 580 g/mol. The molecule has 0 aliphatic carbocycles. The first-order chi connectivity index (χ1) is 20.8. The fourth-order valence-corrected chi connectivity index (χ4v) is 5.71. The largest absolute Gasteiger partial charge is 0.355 e. The molecule has 12 nitrogen and oxygen atoms in total. The van der Waals surface area contributed by atoms with Gasteiger partial charge in [0.15, 0.2) is 11.5 Å². The van der Waals surface area contributed by atoms with Gasteiger partial charge in [-0.1, -0.05) is 37.8 Å². The number of hydrogen-bond donors (Lipinski definition) is 0. The van der Waals surface area contributed by atoms with Gasteiger partial charge >= 0.3 is 5.69 Å². The normalized spacial score (nSPS) is 16.4. The summed E-state index contributed by atoms with van der Waals surface area (Å²) in [5.41, 5.74) is 1.85. The number of nitriles is 1. The Morgan fingerprint density at radius 3 is 2.88 bits per heavy atom. The highest BCUT2D eigenvalue weighted by Gasteiger charge is 2.32. The molecule has 0 N–H and O–H groups in total. The zero-order valence-electron chi connectivity index (χ0n) is 23.8. The minimum Gasteiger partial charge on any atom is -0.352 e. The molecule has 2 aliphatic rings. The second-order valence-electron chi connectivity index (χ2n) is 10.8. The van der Waals surface area contributed by atoms with E-state index in [2.05, 4.69) is 32.9 Å². The molecule has 6 rings (SSSR count). The first-order valence-corrected chi connectivity index (χ1v) is 14.0. The third-order valence-corrected chi connectivity index (χ3v) is 7.75. The zero-order valence-corrected chi connectivity index (χ0v) is 23.8. The van der Waals surface area contributed by atoms with Crippen molar-refractivity contribution in [1.29, 1.82) is 5.26 Å². The molecule has 1 unspecified atom stereocenters. The highest BCUT2D eigenvalue weighted by atomic mass is 19.1. The molecule has 1 fully saturated rings. The number of fused-ring (bicyclic) bond motifs is 6. The molecule has 0 radical (unpaired) electrons. The second-order valence-corrected chi connectivity index (χ2v) is 10.8. The summed E-state index contributed by atoms with van der Waals surface area (Å²) in [6, 6.07) is 4.84. The number of carbonyl (C=O) groups is 1. The summed E-state index contributed by atoms with van der Waals surface area (Å²) < 4.78 is 18.9. The molecule has 6 heterocycles. The van der Waals surface area contributed by atoms with Crippen molar-refractivity contribution in [2.75, 3.05) is 24.5 Å². The van der Waals surface area contributed by atoms with Crippen LogP contribution in [0, 0.1) is 17.1 Å². The summed E-state index contributed by atoms with van der Waals surface area (Å²) >= 11 is 0. The van der Waals surface area contributed by atoms with E-state index in [0.29, 0.717) is 36.3 Å². The molecule has 1 atom stereocenters. The number of aromatic nitrogens is 7. The Bertz CT molecular complexity index is 1890. The summed E-state index contributed by atoms with van der Waals surface area (Å²) in [7, 11) is 0. The Hall–Kier alpha value is -5.25. The average molecular weight is 581 g/mol. The van der Waals surface area contributed by atoms with E-state index >= 15 is 4.39 Å². The van der Waals surface area contributed by atoms with Crippen LogP contribution in [-0.2, 0) is 17.8 Å². The van der Waals surface area contributed by atoms with Gasteiger partial charge in [0.2, 0.25) is 5.91 Å². The maximum atomic E-state index is 15.9. The van der Waals surface area contributed by atoms with Crippen molar-refractivity contribution in [1.82, 2.24) is 39.4 Å². The van der Waals surface area contributed by atoms with Crippen molar-refractivity contribution < 1.29 is 9.18 Å². The Balaban J connectivity index is 1.63. The molecule has 218 valence electrons. The van der Waals surface area contributed by atoms with Gasteiger partial charge in [-0.25, -0.2) is 23.4 Å². The molecule has 2 aliphatic heterocycles. The highest BCUT2D eigenvalue weighted by molar-refractivity contribution is 5.91. The van der Waals surface area contributed by atoms with E-state index in [1.807, 2.05) is 37.0 Å². The summed E-state index contributed by atoms with van der Waals surface area (Å²) in [6.45, 7) is 8.78. The molecule has 4 aromatic heterocycles. The predicted molar refractivity (Wildman–Crippen MR) is 157 cm³/mol. The predicted octanol–water partition coefficient (Wildman–Crippen LogP) is 2.93. The second kappa shape index (κ2) is 11.2. The number of amides is 1. The van der Waals surface area contributed by atoms with Crippen LogP contribution < -0.4 is 10.6 Å². The van der Waals surface area contributed by atoms with Crippen molar-refractivity contribution in [2.45, 2.75) is 45.2 Å². The first kappa shape index (κ1) is 27.9. The summed E-state index contributed by atoms with van der Waals surface area (Å²) in [6.07, 6.45) is 9.03. The number of carbonyl (C=O) groups excluding carboxylic acids is 1. The minimum atomic E-state index is -0.650. The Morgan fingerprint density at radius 1 is 1.28 bits per heavy atom. The van der Waals surface area contributed by atoms with Crippen molar-refractivity contribution in [3.8, 4) is 23.1 Å². The van der Waals surface area contributed by atoms with E-state index < -0.39 is 17.5 Å². The van der Waals surface area contributed by atoms with Crippen LogP contribution in [0.25, 0.3) is 28.1 Å². The van der Waals surface area contributed by atoms with Gasteiger partial charge < -0.3 is 9.80 Å². The van der Waals surface area contributed by atoms with E-state index in [1.54, 1.807) is 22.0 Å². The van der Waals surface area contributed by atoms with E-state index in [0.717, 1.165) is 5.56 Å². The molecular weight excluding hydrogens is 551 g/mol. The van der Waals surface area contributed by atoms with Crippen molar-refractivity contribution in [2.24, 2.45) is 0 Å². The molecule has 0 aromatic carbocycles. The third-order valence-electron chi connectivity index (χ3n) is 7.75. The Kier molecular flexibility index (Phi) is 7.27. The number of anilines is 1. The van der Waals surface area contributed by atoms with Gasteiger partial charge in [-0.2, -0.15) is 10.2 Å². The van der Waals surface area contributed by atoms with Gasteiger partial charge in [-0.15, -0.1) is 5.10 Å². The molecule has 1 amide bonds. The number of hydrogen-bond acceptors (Lipinski definition) is 9. The lowest BCUT2D eigenvalue weighted by Crippen LogP contribution is -2.55. The van der Waals surface area contributed by atoms with Crippen LogP contribution in [0.1, 0.15) is 37.4 Å². The lowest BCUT2D eigenvalue weighted by molar-refractivity contribution is -0.128. The van der Waals surface area contributed by atoms with E-state index in [9.17, 15) is 14.9 Å². The number of nitrogens with zero attached hydrogens (tertiary/aromatic N) is 10. The maximum absolute atomic E-state index is 15.9. The number of halogens is 1. The van der Waals surface area contributed by atoms with Gasteiger partial charge in [0.1, 0.15) is 17.2 Å². The Morgan fingerprint density at radius 2 is 2.12 bits per heavy atom. The number of piperazine rings is 1. The SMILES string of the molecule is C=CC(=O)N1CCN(c2nc(=O)n3c4nc(c(F)cc24)-c2cn(nn2)CC=CCc2ccnc(C(C)C)c2-3)CC1CC#N. The van der Waals surface area contributed by atoms with E-state index in [1.165, 1.54) is 16.7 Å². The number of rotatable bonds is 4. The molecular formula is C30H29FN10O2. The van der Waals surface area contributed by atoms with Crippen LogP contribution in [0.4, 0.5) is 10.2 Å². The maximum Gasteiger partial charge on any atom is 0.355 e. The van der Waals surface area contributed by atoms with E-state index in [-0.39, 0.29) is 54.2 Å². The standard InChI is InChI=1S/C30H29FN10O2/c1-4-24(42)40-14-13-38(16-20(40)8-10-32)28-21-15-22(31)26-23-17-39(37-36-23)12-6-5-7-19-9-11-33-25(18(2)3)27(19)41(29(21)34-26)30(43)35-28/h4-6,9,11,15,17-18,20H,1,7-8,12-14,16H2,2-3H3. The van der Waals surface area contributed by atoms with Gasteiger partial charge in [0, 0.05) is 25.8 Å². The third kappa shape index (κ3) is 4.94. The van der Waals surface area contributed by atoms with Gasteiger partial charge in [0.25, 0.3) is 0 Å². The fraction of sp³-hybridized carbons (Fsp3) is 0.333. The zero-order chi connectivity index (χ0) is 30.2. The molecule has 4 aromatic rings. The van der Waals surface area contributed by atoms with Gasteiger partial charge in [0.05, 0.1) is 48.0 Å². The van der Waals surface area contributed by atoms with Crippen LogP contribution in [0.2, 0.25) is 0 Å². The molecule has 0 spiro atoms. The van der Waals surface area contributed by atoms with Crippen LogP contribution >= 0.6 is 0 Å². The number of allylic oxidation sites excluding steroid dienone is 2. The lowest BCUT2D eigenvalue weighted by Gasteiger charge is -2.41. The molecule has 13 heteroatoms. The molecule has 0 saturated carbocycles. The van der Waals surface area contributed by atoms with Gasteiger partial charge in [-0.3, -0.25) is 9.78 Å². The van der Waals surface area contributed by atoms with Crippen molar-refractivity contribution in [3.05, 3.63) is 76.9 Å². The molecule has 43 heavy (non-hydrogen) atoms. The number of pyridine rings is 2. The first-order valence-electron chi connectivity index (χ1n) is 14.0. The summed E-state index contributed by atoms with van der Waals surface area (Å²) in [5.74, 6) is -0.748. The van der Waals surface area contributed by atoms with E-state index in [4.69, 9.17) is 4.98 Å².